The van der Waals surface area contributed by atoms with Crippen LogP contribution in [-0.2, 0) is 20.1 Å². The van der Waals surface area contributed by atoms with Gasteiger partial charge in [-0.15, -0.1) is 24.3 Å². The quantitative estimate of drug-likeness (QED) is 0.393. The van der Waals surface area contributed by atoms with Gasteiger partial charge >= 0.3 is 6.98 Å². The van der Waals surface area contributed by atoms with Crippen molar-refractivity contribution in [3.05, 3.63) is 66.0 Å². The van der Waals surface area contributed by atoms with Crippen molar-refractivity contribution < 1.29 is 20.1 Å². The van der Waals surface area contributed by atoms with Crippen LogP contribution in [0.4, 0.5) is 5.69 Å². The first-order valence-electron chi connectivity index (χ1n) is 8.48. The summed E-state index contributed by atoms with van der Waals surface area (Å²) < 4.78 is 2.29. The Morgan fingerprint density at radius 2 is 1.80 bits per heavy atom. The van der Waals surface area contributed by atoms with E-state index < -0.39 is 0 Å². The van der Waals surface area contributed by atoms with E-state index in [2.05, 4.69) is 84.6 Å². The van der Waals surface area contributed by atoms with Crippen LogP contribution >= 0.6 is 0 Å². The zero-order valence-corrected chi connectivity index (χ0v) is 17.3. The maximum Gasteiger partial charge on any atom is 0.399 e. The molecule has 1 aliphatic rings. The molecule has 1 radical (unpaired) electrons. The minimum atomic E-state index is 0. The van der Waals surface area contributed by atoms with Crippen LogP contribution in [0.5, 0.6) is 0 Å². The molecule has 0 saturated heterocycles. The first kappa shape index (κ1) is 18.0. The molecule has 129 valence electrons. The van der Waals surface area contributed by atoms with Gasteiger partial charge in [0, 0.05) is 44.4 Å². The van der Waals surface area contributed by atoms with Crippen LogP contribution < -0.4 is 10.3 Å². The van der Waals surface area contributed by atoms with Crippen LogP contribution in [0.25, 0.3) is 11.4 Å². The number of anilines is 1. The third-order valence-corrected chi connectivity index (χ3v) is 4.89. The minimum absolute atomic E-state index is 0. The third-order valence-electron chi connectivity index (χ3n) is 4.89. The third kappa shape index (κ3) is 2.76. The van der Waals surface area contributed by atoms with Crippen LogP contribution in [0, 0.1) is 19.9 Å². The monoisotopic (exact) mass is 507 g/mol. The molecule has 0 aliphatic carbocycles. The topological polar surface area (TPSA) is 21.1 Å². The molecule has 0 saturated carbocycles. The summed E-state index contributed by atoms with van der Waals surface area (Å²) >= 11 is 0. The molecule has 0 unspecified atom stereocenters. The largest absolute Gasteiger partial charge is 0.431 e. The molecule has 25 heavy (non-hydrogen) atoms. The van der Waals surface area contributed by atoms with Crippen molar-refractivity contribution in [2.45, 2.75) is 33.7 Å². The fourth-order valence-corrected chi connectivity index (χ4v) is 3.87. The number of nitrogens with zero attached hydrogens (tertiary/aromatic N) is 3. The number of hydrogen-bond donors (Lipinski definition) is 0. The first-order chi connectivity index (χ1) is 11.6. The Labute approximate surface area is 163 Å². The van der Waals surface area contributed by atoms with Crippen molar-refractivity contribution in [1.29, 1.82) is 0 Å². The molecule has 4 rings (SSSR count). The second-order valence-electron chi connectivity index (χ2n) is 6.77. The van der Waals surface area contributed by atoms with Gasteiger partial charge in [-0.2, -0.15) is 0 Å². The molecular formula is C20H21BIrN3-. The number of rotatable bonds is 2. The van der Waals surface area contributed by atoms with E-state index in [0.717, 1.165) is 11.4 Å². The molecule has 2 aromatic carbocycles. The van der Waals surface area contributed by atoms with Crippen LogP contribution in [0.3, 0.4) is 0 Å². The molecule has 0 bridgehead atoms. The number of fused-ring (bicyclic) bond motifs is 3. The van der Waals surface area contributed by atoms with E-state index in [0.29, 0.717) is 6.04 Å². The summed E-state index contributed by atoms with van der Waals surface area (Å²) in [6.07, 6.45) is 3.98. The van der Waals surface area contributed by atoms with Crippen LogP contribution in [0.2, 0.25) is 0 Å². The number of aryl methyl sites for hydroxylation is 2. The molecule has 0 atom stereocenters. The van der Waals surface area contributed by atoms with Gasteiger partial charge in [0.15, 0.2) is 0 Å². The van der Waals surface area contributed by atoms with Crippen molar-refractivity contribution in [2.24, 2.45) is 0 Å². The van der Waals surface area contributed by atoms with Gasteiger partial charge in [0.2, 0.25) is 0 Å². The van der Waals surface area contributed by atoms with Crippen molar-refractivity contribution in [2.75, 3.05) is 4.81 Å². The Hall–Kier alpha value is -1.84. The number of aromatic nitrogens is 2. The molecule has 2 heterocycles. The van der Waals surface area contributed by atoms with E-state index in [9.17, 15) is 0 Å². The predicted octanol–water partition coefficient (Wildman–Crippen LogP) is 3.44. The summed E-state index contributed by atoms with van der Waals surface area (Å²) in [5.74, 6) is 0.996. The van der Waals surface area contributed by atoms with Crippen molar-refractivity contribution in [3.63, 3.8) is 0 Å². The zero-order valence-electron chi connectivity index (χ0n) is 14.9. The molecule has 3 nitrogen and oxygen atoms in total. The molecule has 0 amide bonds. The maximum atomic E-state index is 4.63. The van der Waals surface area contributed by atoms with E-state index in [-0.39, 0.29) is 27.1 Å². The average Bonchev–Trinajstić information content (AvgIpc) is 3.04. The summed E-state index contributed by atoms with van der Waals surface area (Å²) in [5, 5.41) is 0. The second kappa shape index (κ2) is 6.82. The molecule has 0 N–H and O–H groups in total. The van der Waals surface area contributed by atoms with E-state index in [1.54, 1.807) is 0 Å². The Kier molecular flexibility index (Phi) is 4.90. The number of hydrogen-bond acceptors (Lipinski definition) is 2. The fourth-order valence-electron chi connectivity index (χ4n) is 3.87. The van der Waals surface area contributed by atoms with E-state index in [1.165, 1.54) is 22.3 Å². The Morgan fingerprint density at radius 3 is 2.48 bits per heavy atom. The standard InChI is InChI=1S/C20H21BN3.Ir/c1-14(2)24-18-11-6-5-10-17(18)20-22-12-13-23(20)21(24)19-15(3)8-7-9-16(19)4;/h5-9,11-14H,1-4H3;/q-1;. The summed E-state index contributed by atoms with van der Waals surface area (Å²) in [7, 11) is 0. The van der Waals surface area contributed by atoms with Crippen molar-refractivity contribution in [3.8, 4) is 11.4 Å². The SMILES string of the molecule is Cc1cccc(C)c1B1N(C(C)C)c2ccc[c-]c2-c2nccn21.[Ir]. The van der Waals surface area contributed by atoms with Crippen LogP contribution in [0.1, 0.15) is 25.0 Å². The molecule has 1 aliphatic heterocycles. The van der Waals surface area contributed by atoms with Crippen molar-refractivity contribution in [1.82, 2.24) is 9.46 Å². The smallest absolute Gasteiger partial charge is 0.399 e. The van der Waals surface area contributed by atoms with Gasteiger partial charge in [0.1, 0.15) is 0 Å². The normalized spacial score (nSPS) is 12.7. The summed E-state index contributed by atoms with van der Waals surface area (Å²) in [4.78, 5) is 7.11. The molecule has 0 spiro atoms. The Balaban J connectivity index is 0.00000182. The van der Waals surface area contributed by atoms with E-state index in [4.69, 9.17) is 0 Å². The summed E-state index contributed by atoms with van der Waals surface area (Å²) in [6.45, 7) is 9.01. The van der Waals surface area contributed by atoms with Gasteiger partial charge in [-0.3, -0.25) is 4.98 Å². The molecule has 3 aromatic rings. The Morgan fingerprint density at radius 1 is 1.08 bits per heavy atom. The van der Waals surface area contributed by atoms with Gasteiger partial charge in [-0.25, -0.2) is 0 Å². The first-order valence-corrected chi connectivity index (χ1v) is 8.48. The molecule has 5 heteroatoms. The van der Waals surface area contributed by atoms with Crippen LogP contribution in [0.15, 0.2) is 48.8 Å². The molecule has 1 aromatic heterocycles. The molecule has 0 fully saturated rings. The molecular weight excluding hydrogens is 485 g/mol. The fraction of sp³-hybridized carbons (Fsp3) is 0.250. The summed E-state index contributed by atoms with van der Waals surface area (Å²) in [5.41, 5.74) is 6.28. The van der Waals surface area contributed by atoms with Crippen molar-refractivity contribution >= 4 is 18.1 Å². The maximum absolute atomic E-state index is 4.63. The number of benzene rings is 2. The second-order valence-corrected chi connectivity index (χ2v) is 6.77. The van der Waals surface area contributed by atoms with Crippen LogP contribution in [-0.4, -0.2) is 22.5 Å². The van der Waals surface area contributed by atoms with E-state index in [1.807, 2.05) is 12.3 Å². The van der Waals surface area contributed by atoms with Gasteiger partial charge in [0.25, 0.3) is 0 Å². The zero-order chi connectivity index (χ0) is 16.8. The van der Waals surface area contributed by atoms with Gasteiger partial charge in [-0.1, -0.05) is 40.6 Å². The van der Waals surface area contributed by atoms with E-state index >= 15 is 0 Å². The van der Waals surface area contributed by atoms with Gasteiger partial charge in [-0.05, 0) is 33.2 Å². The average molecular weight is 506 g/mol. The summed E-state index contributed by atoms with van der Waals surface area (Å²) in [6, 6.07) is 16.5. The number of imidazole rings is 1. The predicted molar refractivity (Wildman–Crippen MR) is 101 cm³/mol. The Bertz CT molecular complexity index is 883. The minimum Gasteiger partial charge on any atom is -0.431 e. The van der Waals surface area contributed by atoms with Gasteiger partial charge in [0.05, 0.1) is 0 Å². The van der Waals surface area contributed by atoms with Gasteiger partial charge < -0.3 is 9.29 Å².